The molecule has 1 N–H and O–H groups in total. The van der Waals surface area contributed by atoms with E-state index in [1.165, 1.54) is 25.1 Å². The van der Waals surface area contributed by atoms with Crippen molar-refractivity contribution in [2.45, 2.75) is 32.9 Å². The summed E-state index contributed by atoms with van der Waals surface area (Å²) in [5, 5.41) is 3.32. The summed E-state index contributed by atoms with van der Waals surface area (Å²) in [5.41, 5.74) is 0.945. The van der Waals surface area contributed by atoms with Crippen molar-refractivity contribution < 1.29 is 18.4 Å². The Balaban J connectivity index is 1.76. The summed E-state index contributed by atoms with van der Waals surface area (Å²) in [6, 6.07) is 7.96. The number of nitrogens with one attached hydrogen (secondary N) is 1. The lowest BCUT2D eigenvalue weighted by atomic mass is 9.91. The van der Waals surface area contributed by atoms with Crippen molar-refractivity contribution in [3.63, 3.8) is 0 Å². The summed E-state index contributed by atoms with van der Waals surface area (Å²) >= 11 is 6.14. The molecule has 0 radical (unpaired) electrons. The maximum Gasteiger partial charge on any atom is 0.336 e. The lowest BCUT2D eigenvalue weighted by Crippen LogP contribution is -2.41. The predicted octanol–water partition coefficient (Wildman–Crippen LogP) is 4.17. The van der Waals surface area contributed by atoms with Crippen LogP contribution in [0.3, 0.4) is 0 Å². The summed E-state index contributed by atoms with van der Waals surface area (Å²) in [4.78, 5) is 39.0. The normalized spacial score (nSPS) is 18.9. The van der Waals surface area contributed by atoms with Crippen LogP contribution in [-0.2, 0) is 16.9 Å². The van der Waals surface area contributed by atoms with Gasteiger partial charge in [-0.05, 0) is 49.6 Å². The Kier molecular flexibility index (Phi) is 4.66. The van der Waals surface area contributed by atoms with E-state index in [1.54, 1.807) is 6.07 Å². The number of imide groups is 1. The number of amides is 3. The van der Waals surface area contributed by atoms with Gasteiger partial charge < -0.3 is 9.73 Å². The number of hydrogen-bond donors (Lipinski definition) is 1. The highest BCUT2D eigenvalue weighted by Crippen LogP contribution is 2.35. The SMILES string of the molecule is Cc1ccc2c(CN3C(=O)NC(C)(c4ccc(F)cc4Cl)C3=O)cc(=O)oc2c1C. The maximum absolute atomic E-state index is 13.4. The van der Waals surface area contributed by atoms with Gasteiger partial charge >= 0.3 is 11.7 Å². The van der Waals surface area contributed by atoms with Crippen molar-refractivity contribution in [2.75, 3.05) is 0 Å². The van der Waals surface area contributed by atoms with Crippen LogP contribution in [-0.4, -0.2) is 16.8 Å². The molecule has 1 unspecified atom stereocenters. The van der Waals surface area contributed by atoms with E-state index in [-0.39, 0.29) is 17.1 Å². The van der Waals surface area contributed by atoms with E-state index >= 15 is 0 Å². The molecule has 3 amide bonds. The number of nitrogens with zero attached hydrogens (tertiary/aromatic N) is 1. The van der Waals surface area contributed by atoms with Gasteiger partial charge in [0.05, 0.1) is 6.54 Å². The largest absolute Gasteiger partial charge is 0.422 e. The van der Waals surface area contributed by atoms with Gasteiger partial charge in [0, 0.05) is 22.0 Å². The summed E-state index contributed by atoms with van der Waals surface area (Å²) in [5.74, 6) is -1.10. The second-order valence-corrected chi connectivity index (χ2v) is 7.95. The highest BCUT2D eigenvalue weighted by atomic mass is 35.5. The van der Waals surface area contributed by atoms with Gasteiger partial charge in [0.15, 0.2) is 0 Å². The maximum atomic E-state index is 13.4. The summed E-state index contributed by atoms with van der Waals surface area (Å²) in [7, 11) is 0. The van der Waals surface area contributed by atoms with E-state index in [1.807, 2.05) is 19.9 Å². The van der Waals surface area contributed by atoms with Crippen LogP contribution in [0.2, 0.25) is 5.02 Å². The molecule has 1 atom stereocenters. The minimum Gasteiger partial charge on any atom is -0.422 e. The molecular formula is C22H18ClFN2O4. The number of halogens is 2. The Hall–Kier alpha value is -3.19. The van der Waals surface area contributed by atoms with Crippen molar-refractivity contribution in [3.05, 3.63) is 79.9 Å². The molecule has 8 heteroatoms. The van der Waals surface area contributed by atoms with Gasteiger partial charge in [-0.2, -0.15) is 0 Å². The topological polar surface area (TPSA) is 79.6 Å². The number of aryl methyl sites for hydroxylation is 2. The van der Waals surface area contributed by atoms with E-state index in [0.717, 1.165) is 22.1 Å². The van der Waals surface area contributed by atoms with Gasteiger partial charge in [-0.25, -0.2) is 14.0 Å². The van der Waals surface area contributed by atoms with Crippen LogP contribution in [0, 0.1) is 19.7 Å². The Morgan fingerprint density at radius 2 is 1.87 bits per heavy atom. The lowest BCUT2D eigenvalue weighted by molar-refractivity contribution is -0.131. The number of hydrogen-bond acceptors (Lipinski definition) is 4. The molecule has 0 spiro atoms. The average molecular weight is 429 g/mol. The quantitative estimate of drug-likeness (QED) is 0.501. The number of rotatable bonds is 3. The molecule has 0 bridgehead atoms. The van der Waals surface area contributed by atoms with Crippen LogP contribution in [0.25, 0.3) is 11.0 Å². The number of benzene rings is 2. The average Bonchev–Trinajstić information content (AvgIpc) is 2.88. The van der Waals surface area contributed by atoms with Crippen molar-refractivity contribution in [3.8, 4) is 0 Å². The third kappa shape index (κ3) is 3.06. The van der Waals surface area contributed by atoms with Crippen LogP contribution in [0.5, 0.6) is 0 Å². The van der Waals surface area contributed by atoms with Crippen LogP contribution in [0.1, 0.15) is 29.2 Å². The Bertz CT molecular complexity index is 1290. The van der Waals surface area contributed by atoms with Gasteiger partial charge in [0.25, 0.3) is 5.91 Å². The molecule has 1 fully saturated rings. The van der Waals surface area contributed by atoms with Crippen LogP contribution >= 0.6 is 11.6 Å². The Labute approximate surface area is 176 Å². The minimum absolute atomic E-state index is 0.0323. The summed E-state index contributed by atoms with van der Waals surface area (Å²) in [6.45, 7) is 5.13. The second-order valence-electron chi connectivity index (χ2n) is 7.55. The first-order valence-corrected chi connectivity index (χ1v) is 9.62. The second kappa shape index (κ2) is 6.95. The fourth-order valence-corrected chi connectivity index (χ4v) is 4.10. The molecule has 2 aromatic carbocycles. The number of fused-ring (bicyclic) bond motifs is 1. The van der Waals surface area contributed by atoms with Crippen LogP contribution < -0.4 is 10.9 Å². The fourth-order valence-electron chi connectivity index (χ4n) is 3.74. The standard InChI is InChI=1S/C22H18ClFN2O4/c1-11-4-6-15-13(8-18(27)30-19(15)12(11)2)10-26-20(28)22(3,25-21(26)29)16-7-5-14(24)9-17(16)23/h4-9H,10H2,1-3H3,(H,25,29). The zero-order chi connectivity index (χ0) is 21.8. The van der Waals surface area contributed by atoms with E-state index in [9.17, 15) is 18.8 Å². The van der Waals surface area contributed by atoms with Crippen LogP contribution in [0.15, 0.2) is 45.6 Å². The molecule has 0 saturated carbocycles. The van der Waals surface area contributed by atoms with Crippen molar-refractivity contribution in [2.24, 2.45) is 0 Å². The van der Waals surface area contributed by atoms with Crippen molar-refractivity contribution in [1.29, 1.82) is 0 Å². The van der Waals surface area contributed by atoms with Crippen molar-refractivity contribution >= 4 is 34.5 Å². The highest BCUT2D eigenvalue weighted by molar-refractivity contribution is 6.32. The Morgan fingerprint density at radius 3 is 2.57 bits per heavy atom. The smallest absolute Gasteiger partial charge is 0.336 e. The molecular weight excluding hydrogens is 411 g/mol. The molecule has 1 aliphatic rings. The van der Waals surface area contributed by atoms with Crippen molar-refractivity contribution in [1.82, 2.24) is 10.2 Å². The summed E-state index contributed by atoms with van der Waals surface area (Å²) < 4.78 is 18.8. The molecule has 0 aliphatic carbocycles. The van der Waals surface area contributed by atoms with Gasteiger partial charge in [0.2, 0.25) is 0 Å². The summed E-state index contributed by atoms with van der Waals surface area (Å²) in [6.07, 6.45) is 0. The van der Waals surface area contributed by atoms with E-state index in [4.69, 9.17) is 16.0 Å². The molecule has 4 rings (SSSR count). The number of carbonyl (C=O) groups excluding carboxylic acids is 2. The minimum atomic E-state index is -1.45. The van der Waals surface area contributed by atoms with Crippen LogP contribution in [0.4, 0.5) is 9.18 Å². The zero-order valence-electron chi connectivity index (χ0n) is 16.5. The first-order chi connectivity index (χ1) is 14.1. The zero-order valence-corrected chi connectivity index (χ0v) is 17.3. The first-order valence-electron chi connectivity index (χ1n) is 9.24. The van der Waals surface area contributed by atoms with Gasteiger partial charge in [-0.3, -0.25) is 9.69 Å². The highest BCUT2D eigenvalue weighted by Gasteiger charge is 2.50. The third-order valence-corrected chi connectivity index (χ3v) is 5.90. The third-order valence-electron chi connectivity index (χ3n) is 5.59. The molecule has 1 aliphatic heterocycles. The Morgan fingerprint density at radius 1 is 1.13 bits per heavy atom. The molecule has 1 aromatic heterocycles. The van der Waals surface area contributed by atoms with E-state index in [0.29, 0.717) is 16.5 Å². The molecule has 154 valence electrons. The lowest BCUT2D eigenvalue weighted by Gasteiger charge is -2.23. The number of carbonyl (C=O) groups is 2. The monoisotopic (exact) mass is 428 g/mol. The first kappa shape index (κ1) is 20.1. The van der Waals surface area contributed by atoms with Gasteiger partial charge in [-0.1, -0.05) is 29.8 Å². The molecule has 1 saturated heterocycles. The van der Waals surface area contributed by atoms with Gasteiger partial charge in [-0.15, -0.1) is 0 Å². The predicted molar refractivity (Wildman–Crippen MR) is 110 cm³/mol. The van der Waals surface area contributed by atoms with Gasteiger partial charge in [0.1, 0.15) is 16.9 Å². The fraction of sp³-hybridized carbons (Fsp3) is 0.227. The molecule has 30 heavy (non-hydrogen) atoms. The molecule has 6 nitrogen and oxygen atoms in total. The number of urea groups is 1. The van der Waals surface area contributed by atoms with E-state index in [2.05, 4.69) is 5.32 Å². The van der Waals surface area contributed by atoms with E-state index < -0.39 is 28.9 Å². The molecule has 3 aromatic rings. The molecule has 2 heterocycles.